The van der Waals surface area contributed by atoms with Gasteiger partial charge < -0.3 is 9.64 Å². The van der Waals surface area contributed by atoms with Crippen LogP contribution in [-0.2, 0) is 11.3 Å². The molecule has 1 saturated heterocycles. The predicted molar refractivity (Wildman–Crippen MR) is 97.3 cm³/mol. The Morgan fingerprint density at radius 2 is 2.25 bits per heavy atom. The largest absolute Gasteiger partial charge is 0.497 e. The lowest BCUT2D eigenvalue weighted by Crippen LogP contribution is -2.38. The van der Waals surface area contributed by atoms with Crippen LogP contribution in [0.1, 0.15) is 29.3 Å². The van der Waals surface area contributed by atoms with Crippen molar-refractivity contribution in [2.24, 2.45) is 0 Å². The van der Waals surface area contributed by atoms with E-state index in [1.807, 2.05) is 30.1 Å². The Balaban J connectivity index is 1.59. The lowest BCUT2D eigenvalue weighted by atomic mass is 10.2. The number of rotatable bonds is 6. The zero-order valence-electron chi connectivity index (χ0n) is 14.3. The van der Waals surface area contributed by atoms with Crippen LogP contribution in [0.4, 0.5) is 0 Å². The van der Waals surface area contributed by atoms with E-state index in [9.17, 15) is 4.79 Å². The molecular weight excluding hydrogens is 320 g/mol. The molecule has 0 radical (unpaired) electrons. The van der Waals surface area contributed by atoms with E-state index in [2.05, 4.69) is 28.5 Å². The molecule has 1 aliphatic heterocycles. The number of thiophene rings is 1. The number of hydrogen-bond acceptors (Lipinski definition) is 4. The highest BCUT2D eigenvalue weighted by molar-refractivity contribution is 7.10. The minimum atomic E-state index is 0.219. The number of benzene rings is 1. The van der Waals surface area contributed by atoms with E-state index in [1.165, 1.54) is 4.88 Å². The third kappa shape index (κ3) is 3.97. The summed E-state index contributed by atoms with van der Waals surface area (Å²) in [5.41, 5.74) is 1.15. The molecule has 128 valence electrons. The predicted octanol–water partition coefficient (Wildman–Crippen LogP) is 3.55. The molecular formula is C19H24N2O2S. The first-order valence-corrected chi connectivity index (χ1v) is 9.19. The number of methoxy groups -OCH3 is 1. The molecule has 1 aliphatic rings. The van der Waals surface area contributed by atoms with E-state index < -0.39 is 0 Å². The SMILES string of the molecule is COc1cccc(CN(C)CC(=O)N2CCCC2c2cccs2)c1. The molecule has 0 saturated carbocycles. The first kappa shape index (κ1) is 17.0. The smallest absolute Gasteiger partial charge is 0.237 e. The van der Waals surface area contributed by atoms with Gasteiger partial charge in [0.05, 0.1) is 19.7 Å². The molecule has 5 heteroatoms. The molecule has 0 aliphatic carbocycles. The van der Waals surface area contributed by atoms with Gasteiger partial charge in [-0.05, 0) is 49.0 Å². The first-order chi connectivity index (χ1) is 11.7. The number of likely N-dealkylation sites (tertiary alicyclic amines) is 1. The van der Waals surface area contributed by atoms with Crippen molar-refractivity contribution in [1.82, 2.24) is 9.80 Å². The fourth-order valence-electron chi connectivity index (χ4n) is 3.30. The summed E-state index contributed by atoms with van der Waals surface area (Å²) in [4.78, 5) is 18.2. The number of amides is 1. The highest BCUT2D eigenvalue weighted by Crippen LogP contribution is 2.34. The van der Waals surface area contributed by atoms with Crippen molar-refractivity contribution in [1.29, 1.82) is 0 Å². The van der Waals surface area contributed by atoms with E-state index >= 15 is 0 Å². The summed E-state index contributed by atoms with van der Waals surface area (Å²) in [6, 6.07) is 12.5. The summed E-state index contributed by atoms with van der Waals surface area (Å²) in [5, 5.41) is 2.09. The topological polar surface area (TPSA) is 32.8 Å². The average Bonchev–Trinajstić information content (AvgIpc) is 3.25. The molecule has 1 fully saturated rings. The molecule has 2 heterocycles. The summed E-state index contributed by atoms with van der Waals surface area (Å²) in [5.74, 6) is 1.07. The van der Waals surface area contributed by atoms with Gasteiger partial charge in [0.25, 0.3) is 0 Å². The standard InChI is InChI=1S/C19H24N2O2S/c1-20(13-15-6-3-7-16(12-15)23-2)14-19(22)21-10-4-8-17(21)18-9-5-11-24-18/h3,5-7,9,11-12,17H,4,8,10,13-14H2,1-2H3. The number of carbonyl (C=O) groups is 1. The third-order valence-corrected chi connectivity index (χ3v) is 5.41. The maximum Gasteiger partial charge on any atom is 0.237 e. The normalized spacial score (nSPS) is 17.5. The Hall–Kier alpha value is -1.85. The van der Waals surface area contributed by atoms with E-state index in [1.54, 1.807) is 18.4 Å². The van der Waals surface area contributed by atoms with Crippen LogP contribution in [-0.4, -0.2) is 43.0 Å². The second kappa shape index (κ2) is 7.81. The minimum absolute atomic E-state index is 0.219. The van der Waals surface area contributed by atoms with Crippen molar-refractivity contribution >= 4 is 17.2 Å². The quantitative estimate of drug-likeness (QED) is 0.803. The van der Waals surface area contributed by atoms with Crippen molar-refractivity contribution in [3.05, 3.63) is 52.2 Å². The second-order valence-electron chi connectivity index (χ2n) is 6.28. The van der Waals surface area contributed by atoms with Crippen LogP contribution >= 0.6 is 11.3 Å². The van der Waals surface area contributed by atoms with Gasteiger partial charge >= 0.3 is 0 Å². The lowest BCUT2D eigenvalue weighted by Gasteiger charge is -2.26. The Labute approximate surface area is 147 Å². The second-order valence-corrected chi connectivity index (χ2v) is 7.26. The van der Waals surface area contributed by atoms with Crippen LogP contribution in [0, 0.1) is 0 Å². The Kier molecular flexibility index (Phi) is 5.53. The molecule has 24 heavy (non-hydrogen) atoms. The number of nitrogens with zero attached hydrogens (tertiary/aromatic N) is 2. The number of carbonyl (C=O) groups excluding carboxylic acids is 1. The Morgan fingerprint density at radius 3 is 3.00 bits per heavy atom. The number of hydrogen-bond donors (Lipinski definition) is 0. The van der Waals surface area contributed by atoms with E-state index in [0.29, 0.717) is 6.54 Å². The lowest BCUT2D eigenvalue weighted by molar-refractivity contribution is -0.133. The molecule has 4 nitrogen and oxygen atoms in total. The Morgan fingerprint density at radius 1 is 1.38 bits per heavy atom. The van der Waals surface area contributed by atoms with E-state index in [-0.39, 0.29) is 11.9 Å². The molecule has 1 aromatic heterocycles. The molecule has 0 N–H and O–H groups in total. The van der Waals surface area contributed by atoms with Gasteiger partial charge in [0.2, 0.25) is 5.91 Å². The molecule has 1 atom stereocenters. The van der Waals surface area contributed by atoms with Gasteiger partial charge in [-0.3, -0.25) is 9.69 Å². The molecule has 1 amide bonds. The fourth-order valence-corrected chi connectivity index (χ4v) is 4.18. The molecule has 1 aromatic carbocycles. The van der Waals surface area contributed by atoms with Crippen LogP contribution in [0.3, 0.4) is 0 Å². The maximum absolute atomic E-state index is 12.7. The summed E-state index contributed by atoms with van der Waals surface area (Å²) >= 11 is 1.75. The van der Waals surface area contributed by atoms with Gasteiger partial charge in [0.15, 0.2) is 0 Å². The van der Waals surface area contributed by atoms with Gasteiger partial charge in [-0.25, -0.2) is 0 Å². The van der Waals surface area contributed by atoms with Crippen molar-refractivity contribution in [2.45, 2.75) is 25.4 Å². The number of likely N-dealkylation sites (N-methyl/N-ethyl adjacent to an activating group) is 1. The monoisotopic (exact) mass is 344 g/mol. The molecule has 2 aromatic rings. The fraction of sp³-hybridized carbons (Fsp3) is 0.421. The zero-order chi connectivity index (χ0) is 16.9. The zero-order valence-corrected chi connectivity index (χ0v) is 15.1. The van der Waals surface area contributed by atoms with Gasteiger partial charge in [0, 0.05) is 18.0 Å². The van der Waals surface area contributed by atoms with Crippen LogP contribution in [0.15, 0.2) is 41.8 Å². The third-order valence-electron chi connectivity index (χ3n) is 4.44. The molecule has 0 bridgehead atoms. The van der Waals surface area contributed by atoms with Crippen LogP contribution < -0.4 is 4.74 Å². The van der Waals surface area contributed by atoms with Crippen molar-refractivity contribution in [3.63, 3.8) is 0 Å². The summed E-state index contributed by atoms with van der Waals surface area (Å²) in [7, 11) is 3.66. The molecule has 3 rings (SSSR count). The average molecular weight is 344 g/mol. The van der Waals surface area contributed by atoms with Crippen molar-refractivity contribution in [2.75, 3.05) is 27.2 Å². The first-order valence-electron chi connectivity index (χ1n) is 8.31. The maximum atomic E-state index is 12.7. The summed E-state index contributed by atoms with van der Waals surface area (Å²) in [6.07, 6.45) is 2.17. The molecule has 1 unspecified atom stereocenters. The van der Waals surface area contributed by atoms with Crippen LogP contribution in [0.2, 0.25) is 0 Å². The summed E-state index contributed by atoms with van der Waals surface area (Å²) in [6.45, 7) is 2.05. The Bertz CT molecular complexity index is 672. The van der Waals surface area contributed by atoms with E-state index in [4.69, 9.17) is 4.74 Å². The highest BCUT2D eigenvalue weighted by atomic mass is 32.1. The van der Waals surface area contributed by atoms with Crippen LogP contribution in [0.5, 0.6) is 5.75 Å². The van der Waals surface area contributed by atoms with Crippen molar-refractivity contribution in [3.8, 4) is 5.75 Å². The van der Waals surface area contributed by atoms with Crippen molar-refractivity contribution < 1.29 is 9.53 Å². The van der Waals surface area contributed by atoms with Gasteiger partial charge in [0.1, 0.15) is 5.75 Å². The minimum Gasteiger partial charge on any atom is -0.497 e. The van der Waals surface area contributed by atoms with Gasteiger partial charge in [-0.1, -0.05) is 18.2 Å². The van der Waals surface area contributed by atoms with E-state index in [0.717, 1.165) is 37.2 Å². The van der Waals surface area contributed by atoms with Crippen LogP contribution in [0.25, 0.3) is 0 Å². The summed E-state index contributed by atoms with van der Waals surface area (Å²) < 4.78 is 5.26. The van der Waals surface area contributed by atoms with Gasteiger partial charge in [-0.15, -0.1) is 11.3 Å². The highest BCUT2D eigenvalue weighted by Gasteiger charge is 2.30. The molecule has 0 spiro atoms. The number of ether oxygens (including phenoxy) is 1. The van der Waals surface area contributed by atoms with Gasteiger partial charge in [-0.2, -0.15) is 0 Å².